The van der Waals surface area contributed by atoms with Crippen LogP contribution in [-0.2, 0) is 9.47 Å². The molecule has 11 heteroatoms. The van der Waals surface area contributed by atoms with Crippen molar-refractivity contribution in [1.29, 1.82) is 0 Å². The summed E-state index contributed by atoms with van der Waals surface area (Å²) in [5.74, 6) is 1.81. The van der Waals surface area contributed by atoms with E-state index in [0.29, 0.717) is 23.0 Å². The Morgan fingerprint density at radius 3 is 2.24 bits per heavy atom. The van der Waals surface area contributed by atoms with Gasteiger partial charge in [0.2, 0.25) is 0 Å². The monoisotopic (exact) mass is 534 g/mol. The molecule has 0 unspecified atom stereocenters. The lowest BCUT2D eigenvalue weighted by Gasteiger charge is -2.39. The summed E-state index contributed by atoms with van der Waals surface area (Å²) >= 11 is 0. The molecule has 4 rings (SSSR count). The molecule has 2 aromatic carbocycles. The van der Waals surface area contributed by atoms with Crippen LogP contribution in [0.2, 0.25) is 0 Å². The molecule has 5 N–H and O–H groups in total. The summed E-state index contributed by atoms with van der Waals surface area (Å²) in [6, 6.07) is 9.15. The zero-order valence-corrected chi connectivity index (χ0v) is 21.4. The topological polar surface area (TPSA) is 157 Å². The van der Waals surface area contributed by atoms with E-state index in [-0.39, 0.29) is 19.1 Å². The number of hydrogen-bond donors (Lipinski definition) is 5. The van der Waals surface area contributed by atoms with Gasteiger partial charge in [0.1, 0.15) is 30.5 Å². The Balaban J connectivity index is 1.50. The normalized spacial score (nSPS) is 28.7. The molecule has 38 heavy (non-hydrogen) atoms. The zero-order chi connectivity index (χ0) is 27.4. The third-order valence-corrected chi connectivity index (χ3v) is 6.78. The molecule has 0 spiro atoms. The lowest BCUT2D eigenvalue weighted by atomic mass is 9.90. The first-order chi connectivity index (χ1) is 18.4. The third kappa shape index (κ3) is 5.45. The van der Waals surface area contributed by atoms with Gasteiger partial charge in [-0.25, -0.2) is 0 Å². The van der Waals surface area contributed by atoms with Crippen LogP contribution in [-0.4, -0.2) is 97.4 Å². The van der Waals surface area contributed by atoms with E-state index in [0.717, 1.165) is 16.7 Å². The highest BCUT2D eigenvalue weighted by molar-refractivity contribution is 5.62. The molecule has 0 aliphatic carbocycles. The number of aliphatic hydroxyl groups is 5. The largest absolute Gasteiger partial charge is 0.493 e. The van der Waals surface area contributed by atoms with Crippen molar-refractivity contribution in [2.24, 2.45) is 0 Å². The van der Waals surface area contributed by atoms with Gasteiger partial charge in [-0.2, -0.15) is 0 Å². The number of methoxy groups -OCH3 is 3. The van der Waals surface area contributed by atoms with Gasteiger partial charge in [0.25, 0.3) is 0 Å². The van der Waals surface area contributed by atoms with Gasteiger partial charge in [0.15, 0.2) is 29.3 Å². The van der Waals surface area contributed by atoms with Crippen molar-refractivity contribution in [1.82, 2.24) is 0 Å². The lowest BCUT2D eigenvalue weighted by Crippen LogP contribution is -2.59. The second kappa shape index (κ2) is 12.3. The Kier molecular flexibility index (Phi) is 9.11. The van der Waals surface area contributed by atoms with E-state index < -0.39 is 43.4 Å². The Hall–Kier alpha value is -2.90. The van der Waals surface area contributed by atoms with Crippen molar-refractivity contribution < 1.29 is 54.0 Å². The van der Waals surface area contributed by atoms with Crippen LogP contribution >= 0.6 is 0 Å². The van der Waals surface area contributed by atoms with Crippen LogP contribution in [0.15, 0.2) is 36.4 Å². The summed E-state index contributed by atoms with van der Waals surface area (Å²) in [6.07, 6.45) is -3.73. The van der Waals surface area contributed by atoms with Crippen LogP contribution in [0.25, 0.3) is 6.08 Å². The van der Waals surface area contributed by atoms with Gasteiger partial charge in [-0.15, -0.1) is 0 Å². The molecule has 7 atom stereocenters. The fourth-order valence-electron chi connectivity index (χ4n) is 4.73. The Morgan fingerprint density at radius 2 is 1.58 bits per heavy atom. The number of ether oxygens (including phenoxy) is 6. The van der Waals surface area contributed by atoms with E-state index >= 15 is 0 Å². The summed E-state index contributed by atoms with van der Waals surface area (Å²) in [6.45, 7) is -0.688. The number of fused-ring (bicyclic) bond motifs is 1. The third-order valence-electron chi connectivity index (χ3n) is 6.78. The van der Waals surface area contributed by atoms with E-state index in [1.54, 1.807) is 38.5 Å². The van der Waals surface area contributed by atoms with Gasteiger partial charge in [0, 0.05) is 5.56 Å². The number of rotatable bonds is 10. The van der Waals surface area contributed by atoms with Crippen molar-refractivity contribution in [3.8, 4) is 23.0 Å². The average Bonchev–Trinajstić information content (AvgIpc) is 3.32. The number of benzene rings is 2. The molecular weight excluding hydrogens is 500 g/mol. The molecule has 2 aliphatic rings. The fourth-order valence-corrected chi connectivity index (χ4v) is 4.73. The van der Waals surface area contributed by atoms with Crippen molar-refractivity contribution in [2.45, 2.75) is 42.7 Å². The summed E-state index contributed by atoms with van der Waals surface area (Å²) in [5.41, 5.74) is 2.35. The molecule has 0 radical (unpaired) electrons. The standard InChI is InChI=1S/C27H34O11/c1-33-18-7-6-15(11-19(18)34-2)25-17(12-28)16-9-14(10-20(35-3)26(16)38-25)5-4-8-36-27-24(32)23(31)22(30)21(13-29)37-27/h4-7,9-11,17,21-25,27-32H,8,12-13H2,1-3H3/t17-,21+,22-,23-,24-,25+,27-/m1/s1. The van der Waals surface area contributed by atoms with E-state index in [1.807, 2.05) is 18.2 Å². The first kappa shape index (κ1) is 28.1. The van der Waals surface area contributed by atoms with Crippen LogP contribution in [0.3, 0.4) is 0 Å². The number of hydrogen-bond acceptors (Lipinski definition) is 11. The predicted octanol–water partition coefficient (Wildman–Crippen LogP) is 0.752. The molecule has 1 saturated heterocycles. The molecule has 1 fully saturated rings. The minimum Gasteiger partial charge on any atom is -0.493 e. The molecule has 2 heterocycles. The minimum atomic E-state index is -1.51. The Labute approximate surface area is 220 Å². The van der Waals surface area contributed by atoms with Crippen LogP contribution in [0.5, 0.6) is 23.0 Å². The highest BCUT2D eigenvalue weighted by Crippen LogP contribution is 2.51. The van der Waals surface area contributed by atoms with Crippen molar-refractivity contribution in [3.05, 3.63) is 53.1 Å². The van der Waals surface area contributed by atoms with Gasteiger partial charge in [-0.05, 0) is 35.4 Å². The SMILES string of the molecule is COc1ccc([C@@H]2Oc3c(OC)cc(C=CCO[C@@H]4O[C@@H](CO)[C@@H](O)[C@@H](O)[C@H]4O)cc3[C@H]2CO)cc1OC. The summed E-state index contributed by atoms with van der Waals surface area (Å²) in [4.78, 5) is 0. The zero-order valence-electron chi connectivity index (χ0n) is 21.4. The second-order valence-electron chi connectivity index (χ2n) is 9.02. The second-order valence-corrected chi connectivity index (χ2v) is 9.02. The van der Waals surface area contributed by atoms with Gasteiger partial charge >= 0.3 is 0 Å². The molecule has 2 aliphatic heterocycles. The lowest BCUT2D eigenvalue weighted by molar-refractivity contribution is -0.298. The molecule has 0 bridgehead atoms. The molecule has 0 amide bonds. The first-order valence-electron chi connectivity index (χ1n) is 12.2. The smallest absolute Gasteiger partial charge is 0.187 e. The number of aliphatic hydroxyl groups excluding tert-OH is 5. The summed E-state index contributed by atoms with van der Waals surface area (Å²) in [7, 11) is 4.65. The van der Waals surface area contributed by atoms with Crippen molar-refractivity contribution >= 4 is 6.08 Å². The average molecular weight is 535 g/mol. The van der Waals surface area contributed by atoms with Crippen LogP contribution in [0, 0.1) is 0 Å². The van der Waals surface area contributed by atoms with Gasteiger partial charge in [-0.3, -0.25) is 0 Å². The quantitative estimate of drug-likeness (QED) is 0.293. The van der Waals surface area contributed by atoms with Gasteiger partial charge in [0.05, 0.1) is 47.1 Å². The summed E-state index contributed by atoms with van der Waals surface area (Å²) in [5, 5.41) is 49.5. The van der Waals surface area contributed by atoms with Crippen LogP contribution < -0.4 is 18.9 Å². The van der Waals surface area contributed by atoms with E-state index in [4.69, 9.17) is 28.4 Å². The first-order valence-corrected chi connectivity index (χ1v) is 12.2. The molecule has 0 saturated carbocycles. The van der Waals surface area contributed by atoms with Gasteiger partial charge < -0.3 is 54.0 Å². The highest BCUT2D eigenvalue weighted by Gasteiger charge is 2.44. The highest BCUT2D eigenvalue weighted by atomic mass is 16.7. The van der Waals surface area contributed by atoms with Crippen molar-refractivity contribution in [3.63, 3.8) is 0 Å². The van der Waals surface area contributed by atoms with Crippen molar-refractivity contribution in [2.75, 3.05) is 41.2 Å². The maximum atomic E-state index is 10.3. The fraction of sp³-hybridized carbons (Fsp3) is 0.481. The molecule has 208 valence electrons. The van der Waals surface area contributed by atoms with E-state index in [2.05, 4.69) is 0 Å². The molecule has 11 nitrogen and oxygen atoms in total. The predicted molar refractivity (Wildman–Crippen MR) is 134 cm³/mol. The maximum absolute atomic E-state index is 10.3. The maximum Gasteiger partial charge on any atom is 0.187 e. The van der Waals surface area contributed by atoms with Gasteiger partial charge in [-0.1, -0.05) is 18.2 Å². The van der Waals surface area contributed by atoms with Crippen LogP contribution in [0.1, 0.15) is 28.7 Å². The Morgan fingerprint density at radius 1 is 0.842 bits per heavy atom. The molecule has 2 aromatic rings. The van der Waals surface area contributed by atoms with Crippen LogP contribution in [0.4, 0.5) is 0 Å². The summed E-state index contributed by atoms with van der Waals surface area (Å²) < 4.78 is 33.4. The molecule has 0 aromatic heterocycles. The van der Waals surface area contributed by atoms with E-state index in [1.165, 1.54) is 7.11 Å². The minimum absolute atomic E-state index is 0.0102. The molecular formula is C27H34O11. The Bertz CT molecular complexity index is 1120. The van der Waals surface area contributed by atoms with E-state index in [9.17, 15) is 25.5 Å².